The summed E-state index contributed by atoms with van der Waals surface area (Å²) in [5, 5.41) is 16.3. The van der Waals surface area contributed by atoms with Gasteiger partial charge in [-0.05, 0) is 85.7 Å². The number of methoxy groups -OCH3 is 1. The van der Waals surface area contributed by atoms with Crippen LogP contribution in [0, 0.1) is 11.3 Å². The molecule has 40 heavy (non-hydrogen) atoms. The van der Waals surface area contributed by atoms with Crippen molar-refractivity contribution in [1.29, 1.82) is 5.26 Å². The summed E-state index contributed by atoms with van der Waals surface area (Å²) in [7, 11) is 1.43. The monoisotopic (exact) mass is 560 g/mol. The number of fused-ring (bicyclic) bond motifs is 1. The topological polar surface area (TPSA) is 139 Å². The number of ether oxygens (including phenoxy) is 3. The highest BCUT2D eigenvalue weighted by molar-refractivity contribution is 7.16. The molecule has 4 rings (SSSR count). The van der Waals surface area contributed by atoms with Gasteiger partial charge < -0.3 is 19.5 Å². The molecule has 1 aromatic heterocycles. The Kier molecular flexibility index (Phi) is 9.48. The van der Waals surface area contributed by atoms with E-state index >= 15 is 0 Å². The minimum atomic E-state index is -0.977. The first kappa shape index (κ1) is 28.3. The van der Waals surface area contributed by atoms with Crippen LogP contribution in [0.5, 0.6) is 17.2 Å². The third-order valence-corrected chi connectivity index (χ3v) is 7.26. The van der Waals surface area contributed by atoms with Crippen molar-refractivity contribution in [2.75, 3.05) is 19.0 Å². The first-order valence-electron chi connectivity index (χ1n) is 12.8. The summed E-state index contributed by atoms with van der Waals surface area (Å²) in [6.07, 6.45) is 5.90. The first-order valence-corrected chi connectivity index (χ1v) is 13.6. The van der Waals surface area contributed by atoms with Crippen LogP contribution >= 0.6 is 11.3 Å². The second-order valence-corrected chi connectivity index (χ2v) is 9.96. The van der Waals surface area contributed by atoms with E-state index in [1.54, 1.807) is 36.4 Å². The zero-order valence-corrected chi connectivity index (χ0v) is 22.9. The number of thiophene rings is 1. The lowest BCUT2D eigenvalue weighted by molar-refractivity contribution is -0.136. The molecule has 0 saturated carbocycles. The molecular formula is C29H28N4O6S. The van der Waals surface area contributed by atoms with Crippen LogP contribution in [0.2, 0.25) is 0 Å². The van der Waals surface area contributed by atoms with Crippen LogP contribution in [0.1, 0.15) is 58.1 Å². The van der Waals surface area contributed by atoms with E-state index in [0.717, 1.165) is 42.5 Å². The van der Waals surface area contributed by atoms with Gasteiger partial charge in [0.1, 0.15) is 16.8 Å². The molecule has 0 radical (unpaired) electrons. The maximum Gasteiger partial charge on any atom is 0.343 e. The molecule has 2 N–H and O–H groups in total. The van der Waals surface area contributed by atoms with Gasteiger partial charge in [-0.25, -0.2) is 10.2 Å². The fourth-order valence-electron chi connectivity index (χ4n) is 4.06. The van der Waals surface area contributed by atoms with E-state index in [1.807, 2.05) is 6.92 Å². The van der Waals surface area contributed by atoms with Crippen LogP contribution in [-0.2, 0) is 22.4 Å². The van der Waals surface area contributed by atoms with E-state index in [-0.39, 0.29) is 11.5 Å². The van der Waals surface area contributed by atoms with Crippen LogP contribution in [-0.4, -0.2) is 37.7 Å². The predicted octanol–water partition coefficient (Wildman–Crippen LogP) is 4.60. The number of carbonyl (C=O) groups is 3. The molecule has 2 amide bonds. The minimum Gasteiger partial charge on any atom is -0.494 e. The molecule has 0 saturated heterocycles. The number of hydrazone groups is 1. The molecule has 1 heterocycles. The molecule has 0 fully saturated rings. The Bertz CT molecular complexity index is 1470. The van der Waals surface area contributed by atoms with Crippen LogP contribution in [0.3, 0.4) is 0 Å². The molecular weight excluding hydrogens is 532 g/mol. The molecule has 1 aliphatic carbocycles. The van der Waals surface area contributed by atoms with Crippen LogP contribution in [0.25, 0.3) is 0 Å². The zero-order chi connectivity index (χ0) is 28.5. The van der Waals surface area contributed by atoms with Crippen molar-refractivity contribution in [3.05, 3.63) is 69.6 Å². The summed E-state index contributed by atoms with van der Waals surface area (Å²) in [5.74, 6) is -1.32. The number of nitrogens with zero attached hydrogens (tertiary/aromatic N) is 2. The van der Waals surface area contributed by atoms with Gasteiger partial charge in [0.2, 0.25) is 0 Å². The maximum atomic E-state index is 12.6. The summed E-state index contributed by atoms with van der Waals surface area (Å²) in [6.45, 7) is 2.60. The van der Waals surface area contributed by atoms with Gasteiger partial charge in [-0.3, -0.25) is 9.59 Å². The molecule has 0 aliphatic heterocycles. The van der Waals surface area contributed by atoms with Crippen molar-refractivity contribution in [3.63, 3.8) is 0 Å². The molecule has 3 aromatic rings. The number of hydrogen-bond donors (Lipinski definition) is 2. The Morgan fingerprint density at radius 2 is 1.85 bits per heavy atom. The smallest absolute Gasteiger partial charge is 0.343 e. The van der Waals surface area contributed by atoms with Gasteiger partial charge in [0, 0.05) is 4.88 Å². The summed E-state index contributed by atoms with van der Waals surface area (Å²) in [6, 6.07) is 13.5. The standard InChI is InChI=1S/C29H28N4O6S/c1-3-14-38-20-11-9-19(10-12-20)29(36)39-23-13-8-18(15-24(23)37-2)17-31-33-27(35)26(34)32-28-22(16-30)21-6-4-5-7-25(21)40-28/h8-13,15,17H,3-7,14H2,1-2H3,(H,32,34)(H,33,35)/b31-17-. The molecule has 0 atom stereocenters. The van der Waals surface area contributed by atoms with Gasteiger partial charge in [-0.1, -0.05) is 6.92 Å². The maximum absolute atomic E-state index is 12.6. The number of anilines is 1. The Labute approximate surface area is 235 Å². The predicted molar refractivity (Wildman–Crippen MR) is 150 cm³/mol. The summed E-state index contributed by atoms with van der Waals surface area (Å²) in [4.78, 5) is 38.3. The number of nitrogens with one attached hydrogen (secondary N) is 2. The largest absolute Gasteiger partial charge is 0.494 e. The van der Waals surface area contributed by atoms with Gasteiger partial charge in [0.15, 0.2) is 11.5 Å². The minimum absolute atomic E-state index is 0.200. The molecule has 0 bridgehead atoms. The van der Waals surface area contributed by atoms with E-state index in [9.17, 15) is 19.6 Å². The second-order valence-electron chi connectivity index (χ2n) is 8.85. The Balaban J connectivity index is 1.34. The van der Waals surface area contributed by atoms with E-state index in [4.69, 9.17) is 14.2 Å². The number of carbonyl (C=O) groups excluding carboxylic acids is 3. The first-order chi connectivity index (χ1) is 19.4. The lowest BCUT2D eigenvalue weighted by Gasteiger charge is -2.10. The van der Waals surface area contributed by atoms with Crippen molar-refractivity contribution >= 4 is 40.3 Å². The van der Waals surface area contributed by atoms with E-state index in [2.05, 4.69) is 21.9 Å². The van der Waals surface area contributed by atoms with Gasteiger partial charge in [0.05, 0.1) is 31.1 Å². The third-order valence-electron chi connectivity index (χ3n) is 6.05. The van der Waals surface area contributed by atoms with Crippen molar-refractivity contribution in [1.82, 2.24) is 5.43 Å². The highest BCUT2D eigenvalue weighted by Gasteiger charge is 2.23. The molecule has 2 aromatic carbocycles. The molecule has 10 nitrogen and oxygen atoms in total. The van der Waals surface area contributed by atoms with Crippen molar-refractivity contribution in [2.24, 2.45) is 5.10 Å². The van der Waals surface area contributed by atoms with Crippen LogP contribution in [0.4, 0.5) is 5.00 Å². The highest BCUT2D eigenvalue weighted by Crippen LogP contribution is 2.37. The zero-order valence-electron chi connectivity index (χ0n) is 22.1. The number of hydrogen-bond acceptors (Lipinski definition) is 9. The molecule has 0 unspecified atom stereocenters. The normalized spacial score (nSPS) is 12.2. The lowest BCUT2D eigenvalue weighted by Crippen LogP contribution is -2.32. The fraction of sp³-hybridized carbons (Fsp3) is 0.276. The third kappa shape index (κ3) is 6.84. The number of nitriles is 1. The second kappa shape index (κ2) is 13.4. The van der Waals surface area contributed by atoms with Crippen molar-refractivity contribution in [2.45, 2.75) is 39.0 Å². The van der Waals surface area contributed by atoms with Crippen molar-refractivity contribution in [3.8, 4) is 23.3 Å². The summed E-state index contributed by atoms with van der Waals surface area (Å²) < 4.78 is 16.3. The Morgan fingerprint density at radius 1 is 1.07 bits per heavy atom. The number of rotatable bonds is 9. The quantitative estimate of drug-likeness (QED) is 0.128. The Hall–Kier alpha value is -4.69. The van der Waals surface area contributed by atoms with Gasteiger partial charge in [-0.2, -0.15) is 10.4 Å². The lowest BCUT2D eigenvalue weighted by atomic mass is 9.96. The van der Waals surface area contributed by atoms with Gasteiger partial charge in [0.25, 0.3) is 0 Å². The fourth-order valence-corrected chi connectivity index (χ4v) is 5.30. The van der Waals surface area contributed by atoms with E-state index in [0.29, 0.717) is 34.0 Å². The summed E-state index contributed by atoms with van der Waals surface area (Å²) in [5.41, 5.74) is 4.44. The highest BCUT2D eigenvalue weighted by atomic mass is 32.1. The number of benzene rings is 2. The molecule has 206 valence electrons. The van der Waals surface area contributed by atoms with Gasteiger partial charge in [-0.15, -0.1) is 11.3 Å². The average Bonchev–Trinajstić information content (AvgIpc) is 3.33. The van der Waals surface area contributed by atoms with Gasteiger partial charge >= 0.3 is 17.8 Å². The van der Waals surface area contributed by atoms with E-state index < -0.39 is 17.8 Å². The van der Waals surface area contributed by atoms with Crippen molar-refractivity contribution < 1.29 is 28.6 Å². The number of esters is 1. The molecule has 0 spiro atoms. The average molecular weight is 561 g/mol. The molecule has 11 heteroatoms. The summed E-state index contributed by atoms with van der Waals surface area (Å²) >= 11 is 1.34. The van der Waals surface area contributed by atoms with E-state index in [1.165, 1.54) is 30.7 Å². The molecule has 1 aliphatic rings. The Morgan fingerprint density at radius 3 is 2.58 bits per heavy atom. The number of amides is 2. The number of aryl methyl sites for hydroxylation is 1. The SMILES string of the molecule is CCCOc1ccc(C(=O)Oc2ccc(/C=N\NC(=O)C(=O)Nc3sc4c(c3C#N)CCCC4)cc2OC)cc1. The van der Waals surface area contributed by atoms with Crippen LogP contribution < -0.4 is 25.0 Å². The van der Waals surface area contributed by atoms with Crippen LogP contribution in [0.15, 0.2) is 47.6 Å².